The summed E-state index contributed by atoms with van der Waals surface area (Å²) in [4.78, 5) is 5.45. The van der Waals surface area contributed by atoms with E-state index in [2.05, 4.69) is 33.4 Å². The number of nitrogens with zero attached hydrogens (tertiary/aromatic N) is 5. The predicted molar refractivity (Wildman–Crippen MR) is 81.6 cm³/mol. The second-order valence-corrected chi connectivity index (χ2v) is 7.24. The summed E-state index contributed by atoms with van der Waals surface area (Å²) in [6.07, 6.45) is 0. The SMILES string of the molecule is CC(C)c1nsc(Sc2nnc(-c3cccs3)n2N)n1. The Morgan fingerprint density at radius 2 is 2.20 bits per heavy atom. The molecule has 104 valence electrons. The van der Waals surface area contributed by atoms with E-state index in [-0.39, 0.29) is 0 Å². The molecule has 0 amide bonds. The highest BCUT2D eigenvalue weighted by Crippen LogP contribution is 2.31. The molecule has 0 atom stereocenters. The monoisotopic (exact) mass is 324 g/mol. The van der Waals surface area contributed by atoms with Gasteiger partial charge in [0.2, 0.25) is 5.16 Å². The van der Waals surface area contributed by atoms with Crippen LogP contribution in [0.1, 0.15) is 25.6 Å². The molecule has 6 nitrogen and oxygen atoms in total. The van der Waals surface area contributed by atoms with Gasteiger partial charge in [0.1, 0.15) is 5.82 Å². The summed E-state index contributed by atoms with van der Waals surface area (Å²) < 4.78 is 6.63. The molecular weight excluding hydrogens is 312 g/mol. The van der Waals surface area contributed by atoms with Crippen molar-refractivity contribution in [3.8, 4) is 10.7 Å². The second-order valence-electron chi connectivity index (χ2n) is 4.33. The summed E-state index contributed by atoms with van der Waals surface area (Å²) in [5, 5.41) is 10.8. The first-order chi connectivity index (χ1) is 9.65. The summed E-state index contributed by atoms with van der Waals surface area (Å²) in [5.74, 6) is 7.87. The molecule has 0 aromatic carbocycles. The number of aromatic nitrogens is 5. The van der Waals surface area contributed by atoms with Crippen LogP contribution in [0.3, 0.4) is 0 Å². The van der Waals surface area contributed by atoms with Gasteiger partial charge < -0.3 is 5.84 Å². The average Bonchev–Trinajstić information content (AvgIpc) is 3.12. The van der Waals surface area contributed by atoms with Crippen LogP contribution >= 0.6 is 34.6 Å². The molecule has 0 saturated carbocycles. The summed E-state index contributed by atoms with van der Waals surface area (Å²) >= 11 is 4.32. The van der Waals surface area contributed by atoms with E-state index in [1.165, 1.54) is 28.0 Å². The lowest BCUT2D eigenvalue weighted by Gasteiger charge is -1.99. The zero-order valence-corrected chi connectivity index (χ0v) is 13.3. The Morgan fingerprint density at radius 3 is 2.85 bits per heavy atom. The van der Waals surface area contributed by atoms with Gasteiger partial charge >= 0.3 is 0 Å². The Hall–Kier alpha value is -1.45. The number of rotatable bonds is 4. The minimum Gasteiger partial charge on any atom is -0.335 e. The van der Waals surface area contributed by atoms with E-state index in [1.807, 2.05) is 17.5 Å². The Labute approximate surface area is 128 Å². The second kappa shape index (κ2) is 5.51. The third kappa shape index (κ3) is 2.56. The number of nitrogens with two attached hydrogens (primary N) is 1. The molecule has 3 heterocycles. The maximum absolute atomic E-state index is 6.04. The van der Waals surface area contributed by atoms with Crippen LogP contribution < -0.4 is 5.84 Å². The smallest absolute Gasteiger partial charge is 0.217 e. The molecule has 0 bridgehead atoms. The van der Waals surface area contributed by atoms with Crippen molar-refractivity contribution in [1.82, 2.24) is 24.2 Å². The Balaban J connectivity index is 1.84. The predicted octanol–water partition coefficient (Wildman–Crippen LogP) is 2.85. The van der Waals surface area contributed by atoms with E-state index >= 15 is 0 Å². The minimum atomic E-state index is 0.318. The number of hydrogen-bond acceptors (Lipinski definition) is 8. The molecule has 0 fully saturated rings. The van der Waals surface area contributed by atoms with E-state index in [9.17, 15) is 0 Å². The van der Waals surface area contributed by atoms with Gasteiger partial charge in [-0.1, -0.05) is 19.9 Å². The molecule has 0 spiro atoms. The normalized spacial score (nSPS) is 11.3. The lowest BCUT2D eigenvalue weighted by atomic mass is 10.2. The number of nitrogen functional groups attached to an aromatic ring is 1. The summed E-state index contributed by atoms with van der Waals surface area (Å²) in [6.45, 7) is 4.13. The first-order valence-electron chi connectivity index (χ1n) is 5.91. The summed E-state index contributed by atoms with van der Waals surface area (Å²) in [5.41, 5.74) is 0. The van der Waals surface area contributed by atoms with Crippen LogP contribution in [0.5, 0.6) is 0 Å². The fourth-order valence-electron chi connectivity index (χ4n) is 1.49. The van der Waals surface area contributed by atoms with E-state index in [0.29, 0.717) is 16.9 Å². The molecule has 0 aliphatic carbocycles. The van der Waals surface area contributed by atoms with Gasteiger partial charge in [-0.3, -0.25) is 0 Å². The standard InChI is InChI=1S/C11H12N6S3/c1-6(2)8-13-11(20-16-8)19-10-15-14-9(17(10)12)7-4-3-5-18-7/h3-6H,12H2,1-2H3. The zero-order chi connectivity index (χ0) is 14.1. The Morgan fingerprint density at radius 1 is 1.35 bits per heavy atom. The lowest BCUT2D eigenvalue weighted by molar-refractivity contribution is 0.788. The van der Waals surface area contributed by atoms with Gasteiger partial charge in [-0.15, -0.1) is 21.5 Å². The van der Waals surface area contributed by atoms with Crippen molar-refractivity contribution in [2.75, 3.05) is 5.84 Å². The van der Waals surface area contributed by atoms with Gasteiger partial charge in [-0.25, -0.2) is 9.66 Å². The van der Waals surface area contributed by atoms with Crippen LogP contribution in [0.15, 0.2) is 27.0 Å². The number of thiophene rings is 1. The molecule has 0 unspecified atom stereocenters. The Bertz CT molecular complexity index is 700. The summed E-state index contributed by atoms with van der Waals surface area (Å²) in [6, 6.07) is 3.93. The van der Waals surface area contributed by atoms with Crippen LogP contribution in [0.4, 0.5) is 0 Å². The molecule has 0 saturated heterocycles. The van der Waals surface area contributed by atoms with Crippen molar-refractivity contribution in [2.45, 2.75) is 29.3 Å². The van der Waals surface area contributed by atoms with E-state index < -0.39 is 0 Å². The molecule has 3 aromatic rings. The minimum absolute atomic E-state index is 0.318. The fourth-order valence-corrected chi connectivity index (χ4v) is 3.80. The quantitative estimate of drug-likeness (QED) is 0.743. The zero-order valence-electron chi connectivity index (χ0n) is 10.8. The molecule has 9 heteroatoms. The highest BCUT2D eigenvalue weighted by molar-refractivity contribution is 8.00. The summed E-state index contributed by atoms with van der Waals surface area (Å²) in [7, 11) is 0. The van der Waals surface area contributed by atoms with Crippen LogP contribution in [-0.4, -0.2) is 24.2 Å². The molecule has 0 aliphatic heterocycles. The molecule has 2 N–H and O–H groups in total. The molecular formula is C11H12N6S3. The topological polar surface area (TPSA) is 82.5 Å². The molecule has 0 aliphatic rings. The molecule has 3 aromatic heterocycles. The van der Waals surface area contributed by atoms with Crippen LogP contribution in [-0.2, 0) is 0 Å². The van der Waals surface area contributed by atoms with Crippen molar-refractivity contribution >= 4 is 34.6 Å². The third-order valence-corrected chi connectivity index (χ3v) is 5.12. The molecule has 3 rings (SSSR count). The maximum Gasteiger partial charge on any atom is 0.217 e. The first-order valence-corrected chi connectivity index (χ1v) is 8.38. The lowest BCUT2D eigenvalue weighted by Crippen LogP contribution is -2.10. The Kier molecular flexibility index (Phi) is 3.72. The van der Waals surface area contributed by atoms with Crippen molar-refractivity contribution in [1.29, 1.82) is 0 Å². The average molecular weight is 324 g/mol. The van der Waals surface area contributed by atoms with Gasteiger partial charge in [0, 0.05) is 5.92 Å². The van der Waals surface area contributed by atoms with E-state index in [4.69, 9.17) is 5.84 Å². The van der Waals surface area contributed by atoms with Crippen LogP contribution in [0.2, 0.25) is 0 Å². The third-order valence-electron chi connectivity index (χ3n) is 2.52. The van der Waals surface area contributed by atoms with E-state index in [0.717, 1.165) is 15.0 Å². The van der Waals surface area contributed by atoms with Gasteiger partial charge in [0.05, 0.1) is 4.88 Å². The van der Waals surface area contributed by atoms with Crippen molar-refractivity contribution in [3.05, 3.63) is 23.3 Å². The highest BCUT2D eigenvalue weighted by atomic mass is 32.2. The molecule has 20 heavy (non-hydrogen) atoms. The number of hydrogen-bond donors (Lipinski definition) is 1. The largest absolute Gasteiger partial charge is 0.335 e. The van der Waals surface area contributed by atoms with E-state index in [1.54, 1.807) is 11.3 Å². The van der Waals surface area contributed by atoms with Crippen molar-refractivity contribution in [3.63, 3.8) is 0 Å². The van der Waals surface area contributed by atoms with Gasteiger partial charge in [0.15, 0.2) is 10.2 Å². The maximum atomic E-state index is 6.04. The van der Waals surface area contributed by atoms with Crippen molar-refractivity contribution in [2.24, 2.45) is 0 Å². The first kappa shape index (κ1) is 13.5. The fraction of sp³-hybridized carbons (Fsp3) is 0.273. The molecule has 0 radical (unpaired) electrons. The van der Waals surface area contributed by atoms with Gasteiger partial charge in [-0.05, 0) is 34.7 Å². The van der Waals surface area contributed by atoms with Crippen LogP contribution in [0, 0.1) is 0 Å². The van der Waals surface area contributed by atoms with Gasteiger partial charge in [-0.2, -0.15) is 4.37 Å². The van der Waals surface area contributed by atoms with Crippen molar-refractivity contribution < 1.29 is 0 Å². The highest BCUT2D eigenvalue weighted by Gasteiger charge is 2.16. The van der Waals surface area contributed by atoms with Crippen LogP contribution in [0.25, 0.3) is 10.7 Å². The van der Waals surface area contributed by atoms with Gasteiger partial charge in [0.25, 0.3) is 0 Å².